The fraction of sp³-hybridized carbons (Fsp3) is 0.0476. The van der Waals surface area contributed by atoms with E-state index in [9.17, 15) is 4.79 Å². The Morgan fingerprint density at radius 1 is 0.880 bits per heavy atom. The largest absolute Gasteiger partial charge is 0.287 e. The van der Waals surface area contributed by atoms with Crippen molar-refractivity contribution in [3.05, 3.63) is 99.6 Å². The van der Waals surface area contributed by atoms with E-state index in [1.807, 2.05) is 24.3 Å². The SMILES string of the molecule is O=c1c2cc(Cl)ccc2ncn1C1c2ccccc2-c2ccccc21. The molecule has 4 heteroatoms. The Kier molecular flexibility index (Phi) is 3.06. The molecule has 0 fully saturated rings. The summed E-state index contributed by atoms with van der Waals surface area (Å²) in [6.45, 7) is 0. The quantitative estimate of drug-likeness (QED) is 0.443. The molecule has 0 atom stereocenters. The van der Waals surface area contributed by atoms with Crippen LogP contribution in [0.25, 0.3) is 22.0 Å². The first-order valence-corrected chi connectivity index (χ1v) is 8.46. The zero-order valence-corrected chi connectivity index (χ0v) is 13.9. The Hall–Kier alpha value is -2.91. The van der Waals surface area contributed by atoms with Crippen LogP contribution in [0.5, 0.6) is 0 Å². The number of rotatable bonds is 1. The summed E-state index contributed by atoms with van der Waals surface area (Å²) in [6.07, 6.45) is 1.64. The molecule has 0 unspecified atom stereocenters. The summed E-state index contributed by atoms with van der Waals surface area (Å²) in [6, 6.07) is 21.5. The van der Waals surface area contributed by atoms with E-state index in [1.54, 1.807) is 29.1 Å². The number of aromatic nitrogens is 2. The van der Waals surface area contributed by atoms with Crippen LogP contribution in [-0.2, 0) is 0 Å². The van der Waals surface area contributed by atoms with Crippen molar-refractivity contribution in [2.24, 2.45) is 0 Å². The third-order valence-corrected chi connectivity index (χ3v) is 5.06. The minimum Gasteiger partial charge on any atom is -0.287 e. The van der Waals surface area contributed by atoms with E-state index in [0.717, 1.165) is 11.1 Å². The summed E-state index contributed by atoms with van der Waals surface area (Å²) >= 11 is 6.09. The molecule has 3 aromatic carbocycles. The lowest BCUT2D eigenvalue weighted by Gasteiger charge is -2.17. The number of hydrogen-bond donors (Lipinski definition) is 0. The summed E-state index contributed by atoms with van der Waals surface area (Å²) in [5.41, 5.74) is 5.15. The fourth-order valence-corrected chi connectivity index (χ4v) is 3.89. The molecule has 1 heterocycles. The average Bonchev–Trinajstić information content (AvgIpc) is 2.97. The van der Waals surface area contributed by atoms with E-state index in [0.29, 0.717) is 15.9 Å². The lowest BCUT2D eigenvalue weighted by molar-refractivity contribution is 0.656. The van der Waals surface area contributed by atoms with Gasteiger partial charge in [0.25, 0.3) is 5.56 Å². The van der Waals surface area contributed by atoms with Crippen LogP contribution in [0.3, 0.4) is 0 Å². The predicted molar refractivity (Wildman–Crippen MR) is 100 cm³/mol. The highest BCUT2D eigenvalue weighted by molar-refractivity contribution is 6.31. The van der Waals surface area contributed by atoms with Gasteiger partial charge in [0.15, 0.2) is 0 Å². The molecule has 120 valence electrons. The summed E-state index contributed by atoms with van der Waals surface area (Å²) < 4.78 is 1.71. The van der Waals surface area contributed by atoms with Crippen LogP contribution in [0.15, 0.2) is 77.9 Å². The van der Waals surface area contributed by atoms with E-state index in [1.165, 1.54) is 11.1 Å². The van der Waals surface area contributed by atoms with Crippen LogP contribution >= 0.6 is 11.6 Å². The first-order valence-electron chi connectivity index (χ1n) is 8.09. The van der Waals surface area contributed by atoms with Crippen LogP contribution in [0, 0.1) is 0 Å². The molecule has 0 N–H and O–H groups in total. The topological polar surface area (TPSA) is 34.9 Å². The predicted octanol–water partition coefficient (Wildman–Crippen LogP) is 4.67. The molecular formula is C21H13ClN2O. The molecule has 1 aromatic heterocycles. The molecule has 0 bridgehead atoms. The minimum absolute atomic E-state index is 0.0796. The maximum atomic E-state index is 13.2. The molecule has 4 aromatic rings. The highest BCUT2D eigenvalue weighted by Crippen LogP contribution is 2.44. The van der Waals surface area contributed by atoms with Gasteiger partial charge in [-0.05, 0) is 40.5 Å². The van der Waals surface area contributed by atoms with Crippen LogP contribution in [0.4, 0.5) is 0 Å². The van der Waals surface area contributed by atoms with Gasteiger partial charge in [0.05, 0.1) is 23.3 Å². The Morgan fingerprint density at radius 3 is 2.20 bits per heavy atom. The van der Waals surface area contributed by atoms with Gasteiger partial charge in [-0.2, -0.15) is 0 Å². The van der Waals surface area contributed by atoms with Gasteiger partial charge >= 0.3 is 0 Å². The molecule has 0 saturated heterocycles. The van der Waals surface area contributed by atoms with Gasteiger partial charge in [-0.25, -0.2) is 4.98 Å². The molecule has 1 aliphatic rings. The highest BCUT2D eigenvalue weighted by atomic mass is 35.5. The van der Waals surface area contributed by atoms with E-state index in [4.69, 9.17) is 11.6 Å². The zero-order chi connectivity index (χ0) is 17.0. The molecule has 0 spiro atoms. The van der Waals surface area contributed by atoms with E-state index in [2.05, 4.69) is 29.2 Å². The van der Waals surface area contributed by atoms with E-state index < -0.39 is 0 Å². The molecule has 0 radical (unpaired) electrons. The summed E-state index contributed by atoms with van der Waals surface area (Å²) in [5, 5.41) is 1.08. The van der Waals surface area contributed by atoms with Crippen LogP contribution in [0.2, 0.25) is 5.02 Å². The number of benzene rings is 3. The van der Waals surface area contributed by atoms with Crippen molar-refractivity contribution >= 4 is 22.5 Å². The summed E-state index contributed by atoms with van der Waals surface area (Å²) in [4.78, 5) is 17.6. The Labute approximate surface area is 149 Å². The van der Waals surface area contributed by atoms with Gasteiger partial charge in [0.2, 0.25) is 0 Å². The van der Waals surface area contributed by atoms with Crippen molar-refractivity contribution in [2.75, 3.05) is 0 Å². The van der Waals surface area contributed by atoms with E-state index in [-0.39, 0.29) is 11.6 Å². The third-order valence-electron chi connectivity index (χ3n) is 4.82. The monoisotopic (exact) mass is 344 g/mol. The lowest BCUT2D eigenvalue weighted by Crippen LogP contribution is -2.25. The van der Waals surface area contributed by atoms with Crippen molar-refractivity contribution in [2.45, 2.75) is 6.04 Å². The molecule has 25 heavy (non-hydrogen) atoms. The van der Waals surface area contributed by atoms with Gasteiger partial charge in [-0.1, -0.05) is 60.1 Å². The molecule has 0 aliphatic heterocycles. The second kappa shape index (κ2) is 5.30. The van der Waals surface area contributed by atoms with Crippen molar-refractivity contribution in [1.29, 1.82) is 0 Å². The van der Waals surface area contributed by atoms with Crippen LogP contribution < -0.4 is 5.56 Å². The van der Waals surface area contributed by atoms with Gasteiger partial charge in [0.1, 0.15) is 0 Å². The Bertz CT molecular complexity index is 1150. The Morgan fingerprint density at radius 2 is 1.52 bits per heavy atom. The zero-order valence-electron chi connectivity index (χ0n) is 13.2. The van der Waals surface area contributed by atoms with Gasteiger partial charge in [-0.3, -0.25) is 9.36 Å². The number of nitrogens with zero attached hydrogens (tertiary/aromatic N) is 2. The number of hydrogen-bond acceptors (Lipinski definition) is 2. The second-order valence-corrected chi connectivity index (χ2v) is 6.63. The van der Waals surface area contributed by atoms with E-state index >= 15 is 0 Å². The maximum absolute atomic E-state index is 13.2. The molecule has 1 aliphatic carbocycles. The summed E-state index contributed by atoms with van der Waals surface area (Å²) in [5.74, 6) is 0. The van der Waals surface area contributed by atoms with Crippen molar-refractivity contribution in [1.82, 2.24) is 9.55 Å². The molecule has 0 saturated carbocycles. The van der Waals surface area contributed by atoms with Crippen LogP contribution in [0.1, 0.15) is 17.2 Å². The standard InChI is InChI=1S/C21H13ClN2O/c22-13-9-10-19-18(11-13)21(25)24(12-23-19)20-16-7-3-1-5-14(16)15-6-2-4-8-17(15)20/h1-12,20H. The third kappa shape index (κ3) is 2.06. The molecule has 3 nitrogen and oxygen atoms in total. The number of fused-ring (bicyclic) bond motifs is 4. The average molecular weight is 345 g/mol. The van der Waals surface area contributed by atoms with Gasteiger partial charge < -0.3 is 0 Å². The van der Waals surface area contributed by atoms with Crippen molar-refractivity contribution in [3.63, 3.8) is 0 Å². The first-order chi connectivity index (χ1) is 12.2. The molecule has 0 amide bonds. The first kappa shape index (κ1) is 14.4. The normalized spacial score (nSPS) is 13.0. The molecular weight excluding hydrogens is 332 g/mol. The Balaban J connectivity index is 1.83. The van der Waals surface area contributed by atoms with Gasteiger partial charge in [0, 0.05) is 5.02 Å². The van der Waals surface area contributed by atoms with Crippen LogP contribution in [-0.4, -0.2) is 9.55 Å². The fourth-order valence-electron chi connectivity index (χ4n) is 3.72. The molecule has 5 rings (SSSR count). The minimum atomic E-state index is -0.171. The second-order valence-electron chi connectivity index (χ2n) is 6.20. The van der Waals surface area contributed by atoms with Gasteiger partial charge in [-0.15, -0.1) is 0 Å². The van der Waals surface area contributed by atoms with Crippen molar-refractivity contribution < 1.29 is 0 Å². The summed E-state index contributed by atoms with van der Waals surface area (Å²) in [7, 11) is 0. The van der Waals surface area contributed by atoms with Crippen molar-refractivity contribution in [3.8, 4) is 11.1 Å². The highest BCUT2D eigenvalue weighted by Gasteiger charge is 2.30. The maximum Gasteiger partial charge on any atom is 0.262 e. The number of halogens is 1. The smallest absolute Gasteiger partial charge is 0.262 e. The lowest BCUT2D eigenvalue weighted by atomic mass is 10.1.